The van der Waals surface area contributed by atoms with Crippen molar-refractivity contribution in [2.45, 2.75) is 6.54 Å². The van der Waals surface area contributed by atoms with Crippen molar-refractivity contribution in [3.8, 4) is 0 Å². The summed E-state index contributed by atoms with van der Waals surface area (Å²) in [6, 6.07) is 8.55. The van der Waals surface area contributed by atoms with Gasteiger partial charge in [0, 0.05) is 28.2 Å². The molecule has 0 aliphatic carbocycles. The highest BCUT2D eigenvalue weighted by Gasteiger charge is 2.14. The van der Waals surface area contributed by atoms with Crippen molar-refractivity contribution in [1.82, 2.24) is 0 Å². The maximum absolute atomic E-state index is 13.2. The highest BCUT2D eigenvalue weighted by Crippen LogP contribution is 2.27. The zero-order chi connectivity index (χ0) is 14.7. The smallest absolute Gasteiger partial charge is 0.292 e. The standard InChI is InChI=1S/C13H9BrClFN2O2/c14-9-1-3-11(15)8(5-9)7-17-12-6-10(16)2-4-13(12)18(19)20/h1-6,17H,7H2. The molecule has 0 heterocycles. The molecule has 0 saturated heterocycles. The van der Waals surface area contributed by atoms with Gasteiger partial charge in [-0.1, -0.05) is 27.5 Å². The normalized spacial score (nSPS) is 10.3. The predicted octanol–water partition coefficient (Wildman–Crippen LogP) is 4.76. The number of nitro benzene ring substituents is 1. The highest BCUT2D eigenvalue weighted by atomic mass is 79.9. The Morgan fingerprint density at radius 2 is 2.05 bits per heavy atom. The molecule has 0 bridgehead atoms. The first-order valence-corrected chi connectivity index (χ1v) is 6.76. The minimum atomic E-state index is -0.565. The summed E-state index contributed by atoms with van der Waals surface area (Å²) in [4.78, 5) is 10.3. The number of anilines is 1. The van der Waals surface area contributed by atoms with Crippen LogP contribution < -0.4 is 5.32 Å². The van der Waals surface area contributed by atoms with Gasteiger partial charge in [-0.2, -0.15) is 0 Å². The summed E-state index contributed by atoms with van der Waals surface area (Å²) in [5, 5.41) is 14.2. The van der Waals surface area contributed by atoms with Crippen LogP contribution in [0.5, 0.6) is 0 Å². The fourth-order valence-electron chi connectivity index (χ4n) is 1.68. The Bertz CT molecular complexity index is 667. The van der Waals surface area contributed by atoms with Crippen LogP contribution in [0.25, 0.3) is 0 Å². The van der Waals surface area contributed by atoms with E-state index in [4.69, 9.17) is 11.6 Å². The molecule has 0 unspecified atom stereocenters. The Morgan fingerprint density at radius 1 is 1.30 bits per heavy atom. The molecule has 7 heteroatoms. The molecule has 2 rings (SSSR count). The Labute approximate surface area is 127 Å². The van der Waals surface area contributed by atoms with Gasteiger partial charge in [0.1, 0.15) is 11.5 Å². The van der Waals surface area contributed by atoms with Crippen LogP contribution in [-0.4, -0.2) is 4.92 Å². The third-order valence-corrected chi connectivity index (χ3v) is 3.49. The van der Waals surface area contributed by atoms with E-state index in [1.54, 1.807) is 18.2 Å². The van der Waals surface area contributed by atoms with Gasteiger partial charge in [-0.15, -0.1) is 0 Å². The molecule has 0 fully saturated rings. The van der Waals surface area contributed by atoms with Crippen LogP contribution in [0.1, 0.15) is 5.56 Å². The minimum absolute atomic E-state index is 0.117. The SMILES string of the molecule is O=[N+]([O-])c1ccc(F)cc1NCc1cc(Br)ccc1Cl. The van der Waals surface area contributed by atoms with E-state index >= 15 is 0 Å². The van der Waals surface area contributed by atoms with Gasteiger partial charge < -0.3 is 5.32 Å². The van der Waals surface area contributed by atoms with Crippen molar-refractivity contribution in [3.63, 3.8) is 0 Å². The molecular weight excluding hydrogens is 351 g/mol. The third kappa shape index (κ3) is 3.46. The van der Waals surface area contributed by atoms with Crippen LogP contribution >= 0.6 is 27.5 Å². The molecule has 1 N–H and O–H groups in total. The molecule has 0 aliphatic heterocycles. The Hall–Kier alpha value is -1.66. The first kappa shape index (κ1) is 14.7. The number of nitrogens with one attached hydrogen (secondary N) is 1. The molecule has 0 spiro atoms. The monoisotopic (exact) mass is 358 g/mol. The first-order valence-electron chi connectivity index (χ1n) is 5.59. The van der Waals surface area contributed by atoms with Gasteiger partial charge in [-0.3, -0.25) is 10.1 Å². The van der Waals surface area contributed by atoms with Crippen LogP contribution in [0.3, 0.4) is 0 Å². The fraction of sp³-hybridized carbons (Fsp3) is 0.0769. The molecule has 104 valence electrons. The Morgan fingerprint density at radius 3 is 2.75 bits per heavy atom. The molecule has 2 aromatic rings. The second-order valence-corrected chi connectivity index (χ2v) is 5.33. The van der Waals surface area contributed by atoms with Gasteiger partial charge in [0.25, 0.3) is 5.69 Å². The van der Waals surface area contributed by atoms with Crippen LogP contribution in [0.4, 0.5) is 15.8 Å². The molecule has 0 saturated carbocycles. The molecule has 20 heavy (non-hydrogen) atoms. The quantitative estimate of drug-likeness (QED) is 0.632. The van der Waals surface area contributed by atoms with Crippen molar-refractivity contribution in [1.29, 1.82) is 0 Å². The zero-order valence-corrected chi connectivity index (χ0v) is 12.4. The molecule has 0 amide bonds. The summed E-state index contributed by atoms with van der Waals surface area (Å²) in [7, 11) is 0. The van der Waals surface area contributed by atoms with Crippen molar-refractivity contribution in [2.24, 2.45) is 0 Å². The number of hydrogen-bond donors (Lipinski definition) is 1. The maximum atomic E-state index is 13.2. The number of nitrogens with zero attached hydrogens (tertiary/aromatic N) is 1. The van der Waals surface area contributed by atoms with Gasteiger partial charge in [-0.25, -0.2) is 4.39 Å². The molecule has 0 radical (unpaired) electrons. The average molecular weight is 360 g/mol. The van der Waals surface area contributed by atoms with E-state index in [2.05, 4.69) is 21.2 Å². The lowest BCUT2D eigenvalue weighted by molar-refractivity contribution is -0.384. The highest BCUT2D eigenvalue weighted by molar-refractivity contribution is 9.10. The number of halogens is 3. The Balaban J connectivity index is 2.24. The summed E-state index contributed by atoms with van der Waals surface area (Å²) in [5.41, 5.74) is 0.683. The fourth-order valence-corrected chi connectivity index (χ4v) is 2.27. The lowest BCUT2D eigenvalue weighted by Gasteiger charge is -2.09. The first-order chi connectivity index (χ1) is 9.47. The number of nitro groups is 1. The molecule has 0 atom stereocenters. The molecule has 2 aromatic carbocycles. The summed E-state index contributed by atoms with van der Waals surface area (Å²) in [5.74, 6) is -0.543. The van der Waals surface area contributed by atoms with E-state index in [9.17, 15) is 14.5 Å². The van der Waals surface area contributed by atoms with Crippen LogP contribution in [0.15, 0.2) is 40.9 Å². The van der Waals surface area contributed by atoms with E-state index in [0.29, 0.717) is 5.02 Å². The average Bonchev–Trinajstić information content (AvgIpc) is 2.39. The van der Waals surface area contributed by atoms with Gasteiger partial charge in [0.2, 0.25) is 0 Å². The zero-order valence-electron chi connectivity index (χ0n) is 10.1. The van der Waals surface area contributed by atoms with Gasteiger partial charge in [-0.05, 0) is 29.8 Å². The van der Waals surface area contributed by atoms with E-state index in [1.165, 1.54) is 0 Å². The van der Waals surface area contributed by atoms with Crippen molar-refractivity contribution >= 4 is 38.9 Å². The summed E-state index contributed by atoms with van der Waals surface area (Å²) in [6.07, 6.45) is 0. The number of hydrogen-bond acceptors (Lipinski definition) is 3. The van der Waals surface area contributed by atoms with Gasteiger partial charge >= 0.3 is 0 Å². The van der Waals surface area contributed by atoms with Crippen molar-refractivity contribution in [3.05, 3.63) is 67.4 Å². The second kappa shape index (κ2) is 6.19. The predicted molar refractivity (Wildman–Crippen MR) is 79.5 cm³/mol. The lowest BCUT2D eigenvalue weighted by atomic mass is 10.2. The van der Waals surface area contributed by atoms with Gasteiger partial charge in [0.05, 0.1) is 4.92 Å². The minimum Gasteiger partial charge on any atom is -0.375 e. The van der Waals surface area contributed by atoms with Gasteiger partial charge in [0.15, 0.2) is 0 Å². The number of rotatable bonds is 4. The third-order valence-electron chi connectivity index (χ3n) is 2.63. The summed E-state index contributed by atoms with van der Waals surface area (Å²) >= 11 is 9.34. The second-order valence-electron chi connectivity index (χ2n) is 4.01. The number of benzene rings is 2. The lowest BCUT2D eigenvalue weighted by Crippen LogP contribution is -2.03. The largest absolute Gasteiger partial charge is 0.375 e. The summed E-state index contributed by atoms with van der Waals surface area (Å²) in [6.45, 7) is 0.253. The van der Waals surface area contributed by atoms with E-state index in [-0.39, 0.29) is 17.9 Å². The van der Waals surface area contributed by atoms with Crippen LogP contribution in [0.2, 0.25) is 5.02 Å². The molecular formula is C13H9BrClFN2O2. The molecule has 0 aliphatic rings. The van der Waals surface area contributed by atoms with Crippen molar-refractivity contribution < 1.29 is 9.31 Å². The maximum Gasteiger partial charge on any atom is 0.292 e. The van der Waals surface area contributed by atoms with E-state index in [0.717, 1.165) is 28.2 Å². The Kier molecular flexibility index (Phi) is 4.57. The van der Waals surface area contributed by atoms with Crippen molar-refractivity contribution in [2.75, 3.05) is 5.32 Å². The van der Waals surface area contributed by atoms with Crippen LogP contribution in [-0.2, 0) is 6.54 Å². The molecule has 4 nitrogen and oxygen atoms in total. The summed E-state index contributed by atoms with van der Waals surface area (Å²) < 4.78 is 14.0. The topological polar surface area (TPSA) is 55.2 Å². The van der Waals surface area contributed by atoms with Crippen LogP contribution in [0, 0.1) is 15.9 Å². The van der Waals surface area contributed by atoms with E-state index in [1.807, 2.05) is 0 Å². The van der Waals surface area contributed by atoms with E-state index < -0.39 is 10.7 Å². The molecule has 0 aromatic heterocycles.